The molecule has 0 radical (unpaired) electrons. The molecule has 0 spiro atoms. The quantitative estimate of drug-likeness (QED) is 0.490. The third-order valence-corrected chi connectivity index (χ3v) is 6.70. The van der Waals surface area contributed by atoms with Crippen molar-refractivity contribution in [2.45, 2.75) is 39.3 Å². The second-order valence-corrected chi connectivity index (χ2v) is 10.8. The Bertz CT molecular complexity index is 1370. The predicted molar refractivity (Wildman–Crippen MR) is 139 cm³/mol. The lowest BCUT2D eigenvalue weighted by atomic mass is 10.0. The van der Waals surface area contributed by atoms with Gasteiger partial charge >= 0.3 is 0 Å². The molecule has 1 saturated heterocycles. The minimum Gasteiger partial charge on any atom is -0.472 e. The summed E-state index contributed by atoms with van der Waals surface area (Å²) in [7, 11) is 0. The number of halogens is 1. The molecule has 11 heteroatoms. The number of nitrogens with zero attached hydrogens (tertiary/aromatic N) is 4. The van der Waals surface area contributed by atoms with Crippen LogP contribution in [0.5, 0.6) is 5.88 Å². The molecule has 0 saturated carbocycles. The molecule has 2 amide bonds. The first-order chi connectivity index (χ1) is 17.1. The average Bonchev–Trinajstić information content (AvgIpc) is 3.20. The Morgan fingerprint density at radius 1 is 1.25 bits per heavy atom. The monoisotopic (exact) mass is 524 g/mol. The number of aryl methyl sites for hydroxylation is 1. The van der Waals surface area contributed by atoms with Gasteiger partial charge in [0.05, 0.1) is 27.9 Å². The van der Waals surface area contributed by atoms with Crippen LogP contribution in [-0.2, 0) is 0 Å². The first-order valence-electron chi connectivity index (χ1n) is 11.2. The van der Waals surface area contributed by atoms with E-state index in [1.165, 1.54) is 16.8 Å². The van der Waals surface area contributed by atoms with Gasteiger partial charge in [-0.3, -0.25) is 9.59 Å². The summed E-state index contributed by atoms with van der Waals surface area (Å²) in [6, 6.07) is 9.98. The van der Waals surface area contributed by atoms with Crippen LogP contribution in [0.4, 0.5) is 5.69 Å². The number of thioether (sulfide) groups is 1. The minimum absolute atomic E-state index is 0.0157. The maximum absolute atomic E-state index is 13.6. The number of nitriles is 1. The normalized spacial score (nSPS) is 13.4. The Morgan fingerprint density at radius 3 is 2.61 bits per heavy atom. The van der Waals surface area contributed by atoms with Gasteiger partial charge in [0.2, 0.25) is 5.88 Å². The van der Waals surface area contributed by atoms with Crippen molar-refractivity contribution >= 4 is 40.9 Å². The fraction of sp³-hybridized carbons (Fsp3) is 0.320. The molecule has 4 rings (SSSR count). The maximum atomic E-state index is 13.6. The van der Waals surface area contributed by atoms with Gasteiger partial charge in [-0.05, 0) is 57.5 Å². The molecule has 36 heavy (non-hydrogen) atoms. The van der Waals surface area contributed by atoms with Gasteiger partial charge in [0.25, 0.3) is 11.8 Å². The summed E-state index contributed by atoms with van der Waals surface area (Å²) in [4.78, 5) is 30.9. The van der Waals surface area contributed by atoms with Crippen molar-refractivity contribution < 1.29 is 14.3 Å². The molecule has 0 unspecified atom stereocenters. The highest BCUT2D eigenvalue weighted by Crippen LogP contribution is 2.28. The van der Waals surface area contributed by atoms with Crippen LogP contribution in [0.1, 0.15) is 52.7 Å². The third kappa shape index (κ3) is 5.64. The zero-order valence-corrected chi connectivity index (χ0v) is 21.8. The second-order valence-electron chi connectivity index (χ2n) is 9.35. The molecule has 1 fully saturated rings. The summed E-state index contributed by atoms with van der Waals surface area (Å²) < 4.78 is 7.23. The third-order valence-electron chi connectivity index (χ3n) is 5.19. The van der Waals surface area contributed by atoms with Crippen LogP contribution in [0.2, 0.25) is 5.02 Å². The molecule has 2 N–H and O–H groups in total. The minimum atomic E-state index is -0.542. The Hall–Kier alpha value is -3.55. The molecule has 1 aliphatic rings. The van der Waals surface area contributed by atoms with Crippen molar-refractivity contribution in [1.82, 2.24) is 20.1 Å². The lowest BCUT2D eigenvalue weighted by molar-refractivity contribution is 0.0920. The van der Waals surface area contributed by atoms with Crippen LogP contribution >= 0.6 is 23.4 Å². The fourth-order valence-electron chi connectivity index (χ4n) is 3.51. The number of benzene rings is 1. The topological polar surface area (TPSA) is 122 Å². The van der Waals surface area contributed by atoms with Gasteiger partial charge in [-0.15, -0.1) is 5.10 Å². The molecule has 3 aromatic rings. The molecule has 3 heterocycles. The highest BCUT2D eigenvalue weighted by Gasteiger charge is 2.27. The molecule has 0 aliphatic carbocycles. The summed E-state index contributed by atoms with van der Waals surface area (Å²) in [5, 5.41) is 19.9. The molecule has 0 bridgehead atoms. The van der Waals surface area contributed by atoms with Crippen molar-refractivity contribution in [2.24, 2.45) is 0 Å². The van der Waals surface area contributed by atoms with Gasteiger partial charge in [-0.25, -0.2) is 9.67 Å². The van der Waals surface area contributed by atoms with E-state index in [1.54, 1.807) is 43.1 Å². The Morgan fingerprint density at radius 2 is 2.00 bits per heavy atom. The zero-order chi connectivity index (χ0) is 26.0. The highest BCUT2D eigenvalue weighted by atomic mass is 35.5. The molecule has 9 nitrogen and oxygen atoms in total. The standard InChI is InChI=1S/C25H25ClN6O3S/c1-14-8-15(11-27)9-17(23(33)30-25(2,3)4)21(14)29-24(34)19-10-20(35-16-12-36-13-16)31-32(19)22-18(26)6-5-7-28-22/h5-10,16H,12-13H2,1-4H3,(H,29,34)(H,30,33). The first kappa shape index (κ1) is 25.5. The van der Waals surface area contributed by atoms with Gasteiger partial charge in [0.1, 0.15) is 11.8 Å². The van der Waals surface area contributed by atoms with Gasteiger partial charge < -0.3 is 15.4 Å². The van der Waals surface area contributed by atoms with E-state index in [1.807, 2.05) is 20.8 Å². The van der Waals surface area contributed by atoms with Crippen LogP contribution in [0.25, 0.3) is 5.82 Å². The van der Waals surface area contributed by atoms with E-state index in [0.29, 0.717) is 21.8 Å². The Balaban J connectivity index is 1.74. The lowest BCUT2D eigenvalue weighted by Crippen LogP contribution is -2.41. The number of hydrogen-bond donors (Lipinski definition) is 2. The second kappa shape index (κ2) is 10.2. The van der Waals surface area contributed by atoms with E-state index in [4.69, 9.17) is 16.3 Å². The van der Waals surface area contributed by atoms with Crippen molar-refractivity contribution in [3.63, 3.8) is 0 Å². The summed E-state index contributed by atoms with van der Waals surface area (Å²) in [5.74, 6) is 1.27. The fourth-order valence-corrected chi connectivity index (χ4v) is 4.27. The maximum Gasteiger partial charge on any atom is 0.274 e. The number of rotatable bonds is 6. The molecular weight excluding hydrogens is 500 g/mol. The van der Waals surface area contributed by atoms with E-state index in [2.05, 4.69) is 26.8 Å². The molecule has 0 atom stereocenters. The van der Waals surface area contributed by atoms with Gasteiger partial charge in [-0.1, -0.05) is 11.6 Å². The smallest absolute Gasteiger partial charge is 0.274 e. The number of anilines is 1. The summed E-state index contributed by atoms with van der Waals surface area (Å²) in [6.07, 6.45) is 1.56. The van der Waals surface area contributed by atoms with Crippen LogP contribution in [0.3, 0.4) is 0 Å². The Labute approximate surface area is 218 Å². The summed E-state index contributed by atoms with van der Waals surface area (Å²) in [5.41, 5.74) is 0.951. The van der Waals surface area contributed by atoms with Gasteiger partial charge in [0.15, 0.2) is 5.82 Å². The van der Waals surface area contributed by atoms with Crippen LogP contribution < -0.4 is 15.4 Å². The average molecular weight is 525 g/mol. The zero-order valence-electron chi connectivity index (χ0n) is 20.3. The lowest BCUT2D eigenvalue weighted by Gasteiger charge is -2.24. The molecular formula is C25H25ClN6O3S. The number of amides is 2. The van der Waals surface area contributed by atoms with E-state index in [0.717, 1.165) is 11.5 Å². The number of carbonyl (C=O) groups excluding carboxylic acids is 2. The molecule has 2 aromatic heterocycles. The number of nitrogens with one attached hydrogen (secondary N) is 2. The predicted octanol–water partition coefficient (Wildman–Crippen LogP) is 4.38. The summed E-state index contributed by atoms with van der Waals surface area (Å²) >= 11 is 8.11. The Kier molecular flexibility index (Phi) is 7.24. The van der Waals surface area contributed by atoms with Crippen LogP contribution in [0, 0.1) is 18.3 Å². The molecule has 1 aromatic carbocycles. The molecule has 186 valence electrons. The van der Waals surface area contributed by atoms with Crippen LogP contribution in [-0.4, -0.2) is 49.7 Å². The van der Waals surface area contributed by atoms with E-state index in [-0.39, 0.29) is 29.1 Å². The number of pyridine rings is 1. The van der Waals surface area contributed by atoms with Crippen molar-refractivity contribution in [3.8, 4) is 17.8 Å². The summed E-state index contributed by atoms with van der Waals surface area (Å²) in [6.45, 7) is 7.27. The van der Waals surface area contributed by atoms with Crippen LogP contribution in [0.15, 0.2) is 36.5 Å². The largest absolute Gasteiger partial charge is 0.472 e. The van der Waals surface area contributed by atoms with Crippen molar-refractivity contribution in [3.05, 3.63) is 63.9 Å². The number of ether oxygens (including phenoxy) is 1. The van der Waals surface area contributed by atoms with Crippen molar-refractivity contribution in [2.75, 3.05) is 16.8 Å². The first-order valence-corrected chi connectivity index (χ1v) is 12.7. The number of aromatic nitrogens is 3. The number of carbonyl (C=O) groups is 2. The van der Waals surface area contributed by atoms with Gasteiger partial charge in [0, 0.05) is 29.3 Å². The van der Waals surface area contributed by atoms with E-state index >= 15 is 0 Å². The van der Waals surface area contributed by atoms with E-state index < -0.39 is 17.4 Å². The van der Waals surface area contributed by atoms with E-state index in [9.17, 15) is 14.9 Å². The van der Waals surface area contributed by atoms with Crippen molar-refractivity contribution in [1.29, 1.82) is 5.26 Å². The molecule has 1 aliphatic heterocycles. The number of hydrogen-bond acceptors (Lipinski definition) is 7. The SMILES string of the molecule is Cc1cc(C#N)cc(C(=O)NC(C)(C)C)c1NC(=O)c1cc(OC2CSC2)nn1-c1ncccc1Cl. The highest BCUT2D eigenvalue weighted by molar-refractivity contribution is 8.00. The van der Waals surface area contributed by atoms with Gasteiger partial charge in [-0.2, -0.15) is 17.0 Å².